The van der Waals surface area contributed by atoms with Gasteiger partial charge in [-0.25, -0.2) is 4.98 Å². The molecule has 78 valence electrons. The van der Waals surface area contributed by atoms with Crippen LogP contribution >= 0.6 is 0 Å². The molecule has 1 aromatic heterocycles. The van der Waals surface area contributed by atoms with E-state index in [0.717, 1.165) is 11.5 Å². The van der Waals surface area contributed by atoms with Crippen LogP contribution in [0.5, 0.6) is 0 Å². The van der Waals surface area contributed by atoms with E-state index in [-0.39, 0.29) is 5.54 Å². The Labute approximate surface area is 84.7 Å². The van der Waals surface area contributed by atoms with Crippen molar-refractivity contribution in [1.82, 2.24) is 9.97 Å². The Balaban J connectivity index is 2.73. The Morgan fingerprint density at radius 1 is 1.36 bits per heavy atom. The van der Waals surface area contributed by atoms with Crippen LogP contribution in [0.15, 0.2) is 12.4 Å². The van der Waals surface area contributed by atoms with E-state index in [0.29, 0.717) is 6.61 Å². The minimum absolute atomic E-state index is 0.129. The summed E-state index contributed by atoms with van der Waals surface area (Å²) in [6, 6.07) is 0. The van der Waals surface area contributed by atoms with E-state index in [4.69, 9.17) is 4.74 Å². The van der Waals surface area contributed by atoms with Crippen molar-refractivity contribution < 1.29 is 4.74 Å². The summed E-state index contributed by atoms with van der Waals surface area (Å²) in [5.41, 5.74) is 0.770. The Bertz CT molecular complexity index is 299. The molecule has 0 bridgehead atoms. The molecular formula is C10H17N3O. The highest BCUT2D eigenvalue weighted by atomic mass is 16.5. The summed E-state index contributed by atoms with van der Waals surface area (Å²) in [4.78, 5) is 8.37. The molecule has 0 fully saturated rings. The summed E-state index contributed by atoms with van der Waals surface area (Å²) in [5, 5.41) is 3.29. The van der Waals surface area contributed by atoms with E-state index in [1.54, 1.807) is 19.5 Å². The number of aryl methyl sites for hydroxylation is 1. The lowest BCUT2D eigenvalue weighted by Crippen LogP contribution is -2.36. The van der Waals surface area contributed by atoms with Gasteiger partial charge in [-0.15, -0.1) is 0 Å². The van der Waals surface area contributed by atoms with Gasteiger partial charge in [-0.05, 0) is 20.8 Å². The minimum Gasteiger partial charge on any atom is -0.382 e. The van der Waals surface area contributed by atoms with Crippen LogP contribution < -0.4 is 5.32 Å². The van der Waals surface area contributed by atoms with Crippen LogP contribution in [0.3, 0.4) is 0 Å². The van der Waals surface area contributed by atoms with Crippen LogP contribution in [-0.2, 0) is 4.74 Å². The Morgan fingerprint density at radius 3 is 2.57 bits per heavy atom. The number of nitrogens with one attached hydrogen (secondary N) is 1. The Morgan fingerprint density at radius 2 is 2.00 bits per heavy atom. The molecule has 1 aromatic rings. The lowest BCUT2D eigenvalue weighted by atomic mass is 10.1. The molecule has 0 aromatic carbocycles. The lowest BCUT2D eigenvalue weighted by molar-refractivity contribution is 0.158. The third kappa shape index (κ3) is 2.96. The Kier molecular flexibility index (Phi) is 3.41. The molecule has 4 nitrogen and oxygen atoms in total. The van der Waals surface area contributed by atoms with Crippen molar-refractivity contribution in [2.75, 3.05) is 19.0 Å². The molecule has 0 amide bonds. The predicted octanol–water partition coefficient (Wildman–Crippen LogP) is 1.62. The zero-order valence-corrected chi connectivity index (χ0v) is 9.16. The van der Waals surface area contributed by atoms with Crippen molar-refractivity contribution in [2.45, 2.75) is 26.3 Å². The summed E-state index contributed by atoms with van der Waals surface area (Å²) in [6.45, 7) is 6.68. The standard InChI is InChI=1S/C10H17N3O/c1-8-9(12-6-5-11-8)13-10(2,3)7-14-4/h5-6H,7H2,1-4H3,(H,12,13). The summed E-state index contributed by atoms with van der Waals surface area (Å²) < 4.78 is 5.11. The van der Waals surface area contributed by atoms with Crippen LogP contribution in [0.4, 0.5) is 5.82 Å². The molecule has 1 rings (SSSR count). The molecule has 0 atom stereocenters. The summed E-state index contributed by atoms with van der Waals surface area (Å²) in [7, 11) is 1.69. The molecule has 0 aliphatic heterocycles. The molecule has 0 spiro atoms. The van der Waals surface area contributed by atoms with Gasteiger partial charge in [0.05, 0.1) is 17.8 Å². The van der Waals surface area contributed by atoms with Gasteiger partial charge in [0.2, 0.25) is 0 Å². The van der Waals surface area contributed by atoms with Crippen molar-refractivity contribution in [3.63, 3.8) is 0 Å². The third-order valence-electron chi connectivity index (χ3n) is 1.84. The first-order chi connectivity index (χ1) is 6.55. The molecule has 1 N–H and O–H groups in total. The second-order valence-corrected chi connectivity index (χ2v) is 3.93. The van der Waals surface area contributed by atoms with E-state index >= 15 is 0 Å². The van der Waals surface area contributed by atoms with Crippen LogP contribution in [-0.4, -0.2) is 29.2 Å². The number of nitrogens with zero attached hydrogens (tertiary/aromatic N) is 2. The first kappa shape index (κ1) is 10.9. The van der Waals surface area contributed by atoms with E-state index in [1.807, 2.05) is 6.92 Å². The van der Waals surface area contributed by atoms with E-state index in [9.17, 15) is 0 Å². The van der Waals surface area contributed by atoms with E-state index in [2.05, 4.69) is 29.1 Å². The average molecular weight is 195 g/mol. The zero-order chi connectivity index (χ0) is 10.6. The molecular weight excluding hydrogens is 178 g/mol. The highest BCUT2D eigenvalue weighted by Gasteiger charge is 2.18. The van der Waals surface area contributed by atoms with Crippen LogP contribution in [0, 0.1) is 6.92 Å². The number of ether oxygens (including phenoxy) is 1. The second kappa shape index (κ2) is 4.37. The molecule has 0 saturated heterocycles. The molecule has 14 heavy (non-hydrogen) atoms. The number of aromatic nitrogens is 2. The van der Waals surface area contributed by atoms with Crippen molar-refractivity contribution in [1.29, 1.82) is 0 Å². The monoisotopic (exact) mass is 195 g/mol. The number of methoxy groups -OCH3 is 1. The van der Waals surface area contributed by atoms with Gasteiger partial charge >= 0.3 is 0 Å². The Hall–Kier alpha value is -1.16. The fourth-order valence-electron chi connectivity index (χ4n) is 1.25. The van der Waals surface area contributed by atoms with Gasteiger partial charge in [0.1, 0.15) is 5.82 Å². The van der Waals surface area contributed by atoms with E-state index < -0.39 is 0 Å². The van der Waals surface area contributed by atoms with E-state index in [1.165, 1.54) is 0 Å². The topological polar surface area (TPSA) is 47.0 Å². The predicted molar refractivity (Wildman–Crippen MR) is 56.3 cm³/mol. The first-order valence-electron chi connectivity index (χ1n) is 4.60. The number of rotatable bonds is 4. The molecule has 0 unspecified atom stereocenters. The SMILES string of the molecule is COCC(C)(C)Nc1nccnc1C. The van der Waals surface area contributed by atoms with Gasteiger partial charge in [0.25, 0.3) is 0 Å². The van der Waals surface area contributed by atoms with Crippen LogP contribution in [0.1, 0.15) is 19.5 Å². The lowest BCUT2D eigenvalue weighted by Gasteiger charge is -2.26. The quantitative estimate of drug-likeness (QED) is 0.793. The molecule has 0 aliphatic carbocycles. The smallest absolute Gasteiger partial charge is 0.147 e. The summed E-state index contributed by atoms with van der Waals surface area (Å²) >= 11 is 0. The molecule has 0 saturated carbocycles. The van der Waals surface area contributed by atoms with Crippen molar-refractivity contribution in [3.05, 3.63) is 18.1 Å². The molecule has 0 radical (unpaired) electrons. The third-order valence-corrected chi connectivity index (χ3v) is 1.84. The summed E-state index contributed by atoms with van der Waals surface area (Å²) in [6.07, 6.45) is 3.36. The normalized spacial score (nSPS) is 11.4. The van der Waals surface area contributed by atoms with Crippen LogP contribution in [0.25, 0.3) is 0 Å². The highest BCUT2D eigenvalue weighted by Crippen LogP contribution is 2.14. The van der Waals surface area contributed by atoms with Gasteiger partial charge in [-0.2, -0.15) is 0 Å². The largest absolute Gasteiger partial charge is 0.382 e. The van der Waals surface area contributed by atoms with Gasteiger partial charge in [0.15, 0.2) is 0 Å². The summed E-state index contributed by atoms with van der Waals surface area (Å²) in [5.74, 6) is 0.814. The first-order valence-corrected chi connectivity index (χ1v) is 4.60. The second-order valence-electron chi connectivity index (χ2n) is 3.93. The van der Waals surface area contributed by atoms with Crippen molar-refractivity contribution in [3.8, 4) is 0 Å². The maximum absolute atomic E-state index is 5.11. The maximum atomic E-state index is 5.11. The molecule has 1 heterocycles. The van der Waals surface area contributed by atoms with Crippen LogP contribution in [0.2, 0.25) is 0 Å². The highest BCUT2D eigenvalue weighted by molar-refractivity contribution is 5.40. The van der Waals surface area contributed by atoms with Crippen molar-refractivity contribution >= 4 is 5.82 Å². The number of hydrogen-bond donors (Lipinski definition) is 1. The fraction of sp³-hybridized carbons (Fsp3) is 0.600. The average Bonchev–Trinajstić information content (AvgIpc) is 2.08. The molecule has 0 aliphatic rings. The fourth-order valence-corrected chi connectivity index (χ4v) is 1.25. The van der Waals surface area contributed by atoms with Gasteiger partial charge < -0.3 is 10.1 Å². The maximum Gasteiger partial charge on any atom is 0.147 e. The van der Waals surface area contributed by atoms with Gasteiger partial charge in [0, 0.05) is 19.5 Å². The van der Waals surface area contributed by atoms with Crippen molar-refractivity contribution in [2.24, 2.45) is 0 Å². The zero-order valence-electron chi connectivity index (χ0n) is 9.16. The number of anilines is 1. The minimum atomic E-state index is -0.129. The van der Waals surface area contributed by atoms with Gasteiger partial charge in [-0.1, -0.05) is 0 Å². The van der Waals surface area contributed by atoms with Gasteiger partial charge in [-0.3, -0.25) is 4.98 Å². The number of hydrogen-bond acceptors (Lipinski definition) is 4. The molecule has 4 heteroatoms.